The van der Waals surface area contributed by atoms with Gasteiger partial charge in [0, 0.05) is 6.07 Å². The molecule has 0 aliphatic heterocycles. The van der Waals surface area contributed by atoms with Crippen molar-refractivity contribution in [3.05, 3.63) is 81.9 Å². The molecule has 0 amide bonds. The van der Waals surface area contributed by atoms with Crippen molar-refractivity contribution in [2.75, 3.05) is 23.9 Å². The number of nitro benzene ring substituents is 1. The molecule has 0 aliphatic carbocycles. The topological polar surface area (TPSA) is 169 Å². The molecule has 0 spiro atoms. The average molecular weight is 557 g/mol. The number of nitrogens with one attached hydrogen (secondary N) is 2. The number of nitrogens with zero attached hydrogens (tertiary/aromatic N) is 2. The molecule has 3 aromatic carbocycles. The van der Waals surface area contributed by atoms with E-state index in [0.717, 1.165) is 18.6 Å². The number of hydrazone groups is 1. The first-order chi connectivity index (χ1) is 18.5. The van der Waals surface area contributed by atoms with Crippen molar-refractivity contribution in [2.45, 2.75) is 25.2 Å². The van der Waals surface area contributed by atoms with Crippen molar-refractivity contribution in [3.63, 3.8) is 0 Å². The highest BCUT2D eigenvalue weighted by Gasteiger charge is 2.23. The fourth-order valence-corrected chi connectivity index (χ4v) is 4.45. The Hall–Kier alpha value is -4.65. The zero-order valence-electron chi connectivity index (χ0n) is 21.5. The summed E-state index contributed by atoms with van der Waals surface area (Å²) >= 11 is 0. The zero-order valence-corrected chi connectivity index (χ0v) is 22.3. The second-order valence-corrected chi connectivity index (χ2v) is 10.4. The van der Waals surface area contributed by atoms with Crippen molar-refractivity contribution < 1.29 is 32.7 Å². The van der Waals surface area contributed by atoms with Gasteiger partial charge in [0.05, 0.1) is 41.0 Å². The molecule has 0 heterocycles. The van der Waals surface area contributed by atoms with Crippen LogP contribution in [0, 0.1) is 16.0 Å². The third-order valence-electron chi connectivity index (χ3n) is 5.42. The fraction of sp³-hybridized carbons (Fsp3) is 0.231. The molecule has 12 nitrogen and oxygen atoms in total. The largest absolute Gasteiger partial charge is 0.493 e. The number of carbonyl (C=O) groups is 1. The predicted octanol–water partition coefficient (Wildman–Crippen LogP) is 4.97. The van der Waals surface area contributed by atoms with Crippen LogP contribution in [0.25, 0.3) is 0 Å². The number of ether oxygens (including phenoxy) is 2. The van der Waals surface area contributed by atoms with Gasteiger partial charge in [-0.2, -0.15) is 5.10 Å². The fourth-order valence-electron chi connectivity index (χ4n) is 3.35. The predicted molar refractivity (Wildman–Crippen MR) is 146 cm³/mol. The first-order valence-corrected chi connectivity index (χ1v) is 13.2. The van der Waals surface area contributed by atoms with Gasteiger partial charge < -0.3 is 14.6 Å². The number of benzene rings is 3. The van der Waals surface area contributed by atoms with Crippen LogP contribution < -0.4 is 19.6 Å². The Labute approximate surface area is 225 Å². The van der Waals surface area contributed by atoms with E-state index in [4.69, 9.17) is 9.47 Å². The summed E-state index contributed by atoms with van der Waals surface area (Å²) in [6, 6.07) is 13.8. The Balaban J connectivity index is 1.78. The molecule has 39 heavy (non-hydrogen) atoms. The Morgan fingerprint density at radius 3 is 2.51 bits per heavy atom. The molecular formula is C26H28N4O8S. The molecule has 0 fully saturated rings. The number of sulfonamides is 1. The van der Waals surface area contributed by atoms with Crippen LogP contribution in [0.5, 0.6) is 11.5 Å². The van der Waals surface area contributed by atoms with Crippen LogP contribution in [0.1, 0.15) is 36.2 Å². The number of methoxy groups -OCH3 is 1. The van der Waals surface area contributed by atoms with Gasteiger partial charge in [0.25, 0.3) is 15.7 Å². The van der Waals surface area contributed by atoms with Crippen LogP contribution in [0.2, 0.25) is 0 Å². The molecule has 0 saturated carbocycles. The lowest BCUT2D eigenvalue weighted by Crippen LogP contribution is -2.16. The van der Waals surface area contributed by atoms with Crippen molar-refractivity contribution >= 4 is 39.3 Å². The molecule has 0 unspecified atom stereocenters. The molecule has 13 heteroatoms. The molecule has 0 aromatic heterocycles. The number of anilines is 2. The summed E-state index contributed by atoms with van der Waals surface area (Å²) in [6.07, 6.45) is 2.31. The van der Waals surface area contributed by atoms with E-state index in [2.05, 4.69) is 29.1 Å². The van der Waals surface area contributed by atoms with Crippen LogP contribution >= 0.6 is 0 Å². The number of hydrogen-bond acceptors (Lipinski definition) is 9. The number of para-hydroxylation sites is 1. The van der Waals surface area contributed by atoms with Crippen molar-refractivity contribution in [2.24, 2.45) is 11.0 Å². The minimum atomic E-state index is -4.34. The Bertz CT molecular complexity index is 1490. The summed E-state index contributed by atoms with van der Waals surface area (Å²) in [5.74, 6) is 0.245. The van der Waals surface area contributed by atoms with Gasteiger partial charge in [-0.3, -0.25) is 20.3 Å². The molecule has 3 rings (SSSR count). The van der Waals surface area contributed by atoms with Gasteiger partial charge in [0.15, 0.2) is 11.5 Å². The summed E-state index contributed by atoms with van der Waals surface area (Å²) in [4.78, 5) is 21.9. The lowest BCUT2D eigenvalue weighted by Gasteiger charge is -2.12. The molecular weight excluding hydrogens is 528 g/mol. The Kier molecular flexibility index (Phi) is 9.44. The molecule has 0 aliphatic rings. The van der Waals surface area contributed by atoms with Gasteiger partial charge in [0.2, 0.25) is 0 Å². The molecule has 0 radical (unpaired) electrons. The van der Waals surface area contributed by atoms with E-state index in [1.807, 2.05) is 0 Å². The van der Waals surface area contributed by atoms with E-state index in [1.54, 1.807) is 18.2 Å². The van der Waals surface area contributed by atoms with Gasteiger partial charge in [-0.1, -0.05) is 26.0 Å². The van der Waals surface area contributed by atoms with Crippen LogP contribution in [0.4, 0.5) is 17.1 Å². The zero-order chi connectivity index (χ0) is 28.6. The highest BCUT2D eigenvalue weighted by molar-refractivity contribution is 7.92. The third kappa shape index (κ3) is 7.68. The van der Waals surface area contributed by atoms with E-state index >= 15 is 0 Å². The average Bonchev–Trinajstić information content (AvgIpc) is 2.89. The van der Waals surface area contributed by atoms with Crippen LogP contribution in [-0.4, -0.2) is 44.3 Å². The van der Waals surface area contributed by atoms with E-state index in [0.29, 0.717) is 29.6 Å². The maximum absolute atomic E-state index is 12.8. The minimum absolute atomic E-state index is 0.0539. The summed E-state index contributed by atoms with van der Waals surface area (Å²) in [7, 11) is -2.83. The smallest absolute Gasteiger partial charge is 0.337 e. The van der Waals surface area contributed by atoms with Gasteiger partial charge in [-0.15, -0.1) is 0 Å². The normalized spacial score (nSPS) is 11.4. The van der Waals surface area contributed by atoms with Crippen molar-refractivity contribution in [1.29, 1.82) is 0 Å². The lowest BCUT2D eigenvalue weighted by molar-refractivity contribution is -0.384. The number of rotatable bonds is 13. The molecule has 0 bridgehead atoms. The summed E-state index contributed by atoms with van der Waals surface area (Å²) in [5, 5.41) is 25.0. The number of carboxylic acids is 1. The second-order valence-electron chi connectivity index (χ2n) is 8.70. The van der Waals surface area contributed by atoms with E-state index in [1.165, 1.54) is 43.7 Å². The van der Waals surface area contributed by atoms with Gasteiger partial charge in [-0.05, 0) is 60.4 Å². The highest BCUT2D eigenvalue weighted by Crippen LogP contribution is 2.30. The van der Waals surface area contributed by atoms with Crippen LogP contribution in [0.15, 0.2) is 70.7 Å². The maximum Gasteiger partial charge on any atom is 0.337 e. The van der Waals surface area contributed by atoms with E-state index in [-0.39, 0.29) is 16.9 Å². The van der Waals surface area contributed by atoms with Gasteiger partial charge >= 0.3 is 5.97 Å². The number of aromatic carboxylic acids is 1. The molecule has 3 N–H and O–H groups in total. The van der Waals surface area contributed by atoms with Gasteiger partial charge in [-0.25, -0.2) is 13.2 Å². The number of carboxylic acid groups (broad SMARTS) is 1. The minimum Gasteiger partial charge on any atom is -0.493 e. The molecule has 206 valence electrons. The lowest BCUT2D eigenvalue weighted by atomic mass is 10.1. The summed E-state index contributed by atoms with van der Waals surface area (Å²) in [5.41, 5.74) is 2.14. The van der Waals surface area contributed by atoms with Crippen LogP contribution in [-0.2, 0) is 10.0 Å². The molecule has 3 aromatic rings. The van der Waals surface area contributed by atoms with Gasteiger partial charge in [0.1, 0.15) is 5.69 Å². The monoisotopic (exact) mass is 556 g/mol. The number of nitro groups is 1. The Morgan fingerprint density at radius 1 is 1.10 bits per heavy atom. The first-order valence-electron chi connectivity index (χ1n) is 11.8. The highest BCUT2D eigenvalue weighted by atomic mass is 32.2. The maximum atomic E-state index is 12.8. The van der Waals surface area contributed by atoms with E-state index in [9.17, 15) is 28.4 Å². The van der Waals surface area contributed by atoms with Crippen molar-refractivity contribution in [1.82, 2.24) is 0 Å². The summed E-state index contributed by atoms with van der Waals surface area (Å²) in [6.45, 7) is 4.74. The molecule has 0 atom stereocenters. The van der Waals surface area contributed by atoms with E-state index < -0.39 is 31.5 Å². The van der Waals surface area contributed by atoms with Crippen LogP contribution in [0.3, 0.4) is 0 Å². The summed E-state index contributed by atoms with van der Waals surface area (Å²) < 4.78 is 39.0. The molecule has 0 saturated heterocycles. The second kappa shape index (κ2) is 12.7. The van der Waals surface area contributed by atoms with Crippen molar-refractivity contribution in [3.8, 4) is 11.5 Å². The number of hydrogen-bond donors (Lipinski definition) is 3. The SMILES string of the molecule is COc1cc(C=NNc2ccc(S(=O)(=O)Nc3ccccc3C(=O)O)cc2[N+](=O)[O-])ccc1OCCC(C)C. The third-order valence-corrected chi connectivity index (χ3v) is 6.78. The quantitative estimate of drug-likeness (QED) is 0.149. The Morgan fingerprint density at radius 2 is 1.85 bits per heavy atom. The first kappa shape index (κ1) is 28.9. The standard InChI is InChI=1S/C26H28N4O8S/c1-17(2)12-13-38-24-11-8-18(14-25(24)37-3)16-27-28-22-10-9-19(15-23(22)30(33)34)39(35,36)29-21-7-5-4-6-20(21)26(31)32/h4-11,14-17,28-29H,12-13H2,1-3H3,(H,31,32).